The molecule has 0 saturated carbocycles. The van der Waals surface area contributed by atoms with Crippen molar-refractivity contribution in [1.82, 2.24) is 9.78 Å². The van der Waals surface area contributed by atoms with E-state index in [0.717, 1.165) is 0 Å². The standard InChI is InChI=1S/C13H14N4O2S/c1-7-4-3-5-8(10(7)18)13(19)16-12-9(11(14)20)6-15-17(12)2/h3-6,18H,1-2H3,(H2,14,20)(H,16,19). The van der Waals surface area contributed by atoms with Gasteiger partial charge in [-0.25, -0.2) is 0 Å². The van der Waals surface area contributed by atoms with Crippen molar-refractivity contribution in [2.45, 2.75) is 6.92 Å². The van der Waals surface area contributed by atoms with E-state index in [1.807, 2.05) is 0 Å². The summed E-state index contributed by atoms with van der Waals surface area (Å²) in [5, 5.41) is 16.6. The molecule has 0 saturated heterocycles. The summed E-state index contributed by atoms with van der Waals surface area (Å²) in [6, 6.07) is 4.95. The number of benzene rings is 1. The third-order valence-electron chi connectivity index (χ3n) is 2.92. The molecule has 2 rings (SSSR count). The van der Waals surface area contributed by atoms with E-state index < -0.39 is 5.91 Å². The molecule has 6 nitrogen and oxygen atoms in total. The number of anilines is 1. The summed E-state index contributed by atoms with van der Waals surface area (Å²) in [5.41, 5.74) is 6.85. The van der Waals surface area contributed by atoms with Crippen molar-refractivity contribution in [3.8, 4) is 5.75 Å². The van der Waals surface area contributed by atoms with Gasteiger partial charge >= 0.3 is 0 Å². The second-order valence-corrected chi connectivity index (χ2v) is 4.76. The van der Waals surface area contributed by atoms with Crippen LogP contribution < -0.4 is 11.1 Å². The second-order valence-electron chi connectivity index (χ2n) is 4.32. The van der Waals surface area contributed by atoms with Crippen molar-refractivity contribution in [2.24, 2.45) is 12.8 Å². The Labute approximate surface area is 121 Å². The monoisotopic (exact) mass is 290 g/mol. The lowest BCUT2D eigenvalue weighted by molar-refractivity contribution is 0.102. The fraction of sp³-hybridized carbons (Fsp3) is 0.154. The number of amides is 1. The van der Waals surface area contributed by atoms with Gasteiger partial charge in [0.25, 0.3) is 5.91 Å². The van der Waals surface area contributed by atoms with Crippen LogP contribution in [0.25, 0.3) is 0 Å². The van der Waals surface area contributed by atoms with Crippen molar-refractivity contribution in [1.29, 1.82) is 0 Å². The number of hydrogen-bond donors (Lipinski definition) is 3. The van der Waals surface area contributed by atoms with Crippen LogP contribution in [0.2, 0.25) is 0 Å². The topological polar surface area (TPSA) is 93.2 Å². The van der Waals surface area contributed by atoms with E-state index in [1.54, 1.807) is 26.1 Å². The zero-order valence-electron chi connectivity index (χ0n) is 11.0. The number of nitrogens with two attached hydrogens (primary N) is 1. The van der Waals surface area contributed by atoms with E-state index >= 15 is 0 Å². The fourth-order valence-electron chi connectivity index (χ4n) is 1.78. The van der Waals surface area contributed by atoms with E-state index in [2.05, 4.69) is 10.4 Å². The van der Waals surface area contributed by atoms with Crippen LogP contribution in [-0.4, -0.2) is 25.8 Å². The molecular formula is C13H14N4O2S. The lowest BCUT2D eigenvalue weighted by Gasteiger charge is -2.10. The fourth-order valence-corrected chi connectivity index (χ4v) is 1.93. The molecule has 0 aliphatic carbocycles. The zero-order chi connectivity index (χ0) is 14.9. The molecule has 0 radical (unpaired) electrons. The number of nitrogens with zero attached hydrogens (tertiary/aromatic N) is 2. The van der Waals surface area contributed by atoms with Crippen molar-refractivity contribution in [3.05, 3.63) is 41.1 Å². The summed E-state index contributed by atoms with van der Waals surface area (Å²) in [7, 11) is 1.66. The molecule has 7 heteroatoms. The van der Waals surface area contributed by atoms with Crippen molar-refractivity contribution in [2.75, 3.05) is 5.32 Å². The molecule has 2 aromatic rings. The number of aromatic hydroxyl groups is 1. The summed E-state index contributed by atoms with van der Waals surface area (Å²) in [6.45, 7) is 1.72. The van der Waals surface area contributed by atoms with E-state index in [0.29, 0.717) is 16.9 Å². The van der Waals surface area contributed by atoms with E-state index in [-0.39, 0.29) is 16.3 Å². The molecule has 104 valence electrons. The van der Waals surface area contributed by atoms with E-state index in [9.17, 15) is 9.90 Å². The van der Waals surface area contributed by atoms with Crippen LogP contribution >= 0.6 is 12.2 Å². The lowest BCUT2D eigenvalue weighted by atomic mass is 10.1. The molecule has 1 heterocycles. The predicted molar refractivity (Wildman–Crippen MR) is 79.9 cm³/mol. The van der Waals surface area contributed by atoms with Gasteiger partial charge in [-0.3, -0.25) is 9.48 Å². The molecule has 0 fully saturated rings. The minimum absolute atomic E-state index is 0.0518. The number of nitrogens with one attached hydrogen (secondary N) is 1. The van der Waals surface area contributed by atoms with Gasteiger partial charge in [-0.15, -0.1) is 0 Å². The van der Waals surface area contributed by atoms with Crippen LogP contribution in [0.5, 0.6) is 5.75 Å². The summed E-state index contributed by atoms with van der Waals surface area (Å²) in [5.74, 6) is -0.111. The minimum Gasteiger partial charge on any atom is -0.507 e. The molecular weight excluding hydrogens is 276 g/mol. The highest BCUT2D eigenvalue weighted by Gasteiger charge is 2.17. The molecule has 0 spiro atoms. The predicted octanol–water partition coefficient (Wildman–Crippen LogP) is 1.32. The van der Waals surface area contributed by atoms with Crippen molar-refractivity contribution < 1.29 is 9.90 Å². The van der Waals surface area contributed by atoms with Gasteiger partial charge in [0.15, 0.2) is 0 Å². The molecule has 20 heavy (non-hydrogen) atoms. The minimum atomic E-state index is -0.452. The average Bonchev–Trinajstić information content (AvgIpc) is 2.74. The number of carbonyl (C=O) groups is 1. The van der Waals surface area contributed by atoms with Gasteiger partial charge in [-0.05, 0) is 18.6 Å². The van der Waals surface area contributed by atoms with Crippen molar-refractivity contribution in [3.63, 3.8) is 0 Å². The Morgan fingerprint density at radius 3 is 2.80 bits per heavy atom. The van der Waals surface area contributed by atoms with Crippen LogP contribution in [0.15, 0.2) is 24.4 Å². The first-order valence-corrected chi connectivity index (χ1v) is 6.24. The number of para-hydroxylation sites is 1. The molecule has 0 bridgehead atoms. The lowest BCUT2D eigenvalue weighted by Crippen LogP contribution is -2.19. The van der Waals surface area contributed by atoms with Crippen LogP contribution in [0.4, 0.5) is 5.82 Å². The Kier molecular flexibility index (Phi) is 3.71. The number of phenolic OH excluding ortho intramolecular Hbond substituents is 1. The molecule has 4 N–H and O–H groups in total. The Balaban J connectivity index is 2.35. The molecule has 1 amide bonds. The van der Waals surface area contributed by atoms with Crippen LogP contribution in [0.1, 0.15) is 21.5 Å². The molecule has 0 atom stereocenters. The first-order valence-electron chi connectivity index (χ1n) is 5.83. The van der Waals surface area contributed by atoms with Gasteiger partial charge in [0, 0.05) is 7.05 Å². The average molecular weight is 290 g/mol. The number of carbonyl (C=O) groups excluding carboxylic acids is 1. The Hall–Kier alpha value is -2.41. The summed E-state index contributed by atoms with van der Waals surface area (Å²) < 4.78 is 1.46. The van der Waals surface area contributed by atoms with E-state index in [4.69, 9.17) is 18.0 Å². The van der Waals surface area contributed by atoms with Gasteiger partial charge in [-0.2, -0.15) is 5.10 Å². The molecule has 0 aliphatic rings. The van der Waals surface area contributed by atoms with Gasteiger partial charge in [0.2, 0.25) is 0 Å². The largest absolute Gasteiger partial charge is 0.507 e. The number of rotatable bonds is 3. The highest BCUT2D eigenvalue weighted by atomic mass is 32.1. The van der Waals surface area contributed by atoms with Gasteiger partial charge in [0.05, 0.1) is 17.3 Å². The Morgan fingerprint density at radius 1 is 1.45 bits per heavy atom. The maximum atomic E-state index is 12.2. The second kappa shape index (κ2) is 5.30. The van der Waals surface area contributed by atoms with Crippen LogP contribution in [0, 0.1) is 6.92 Å². The Bertz CT molecular complexity index is 694. The van der Waals surface area contributed by atoms with E-state index in [1.165, 1.54) is 16.9 Å². The number of aryl methyl sites for hydroxylation is 2. The maximum absolute atomic E-state index is 12.2. The van der Waals surface area contributed by atoms with Gasteiger partial charge < -0.3 is 16.2 Å². The highest BCUT2D eigenvalue weighted by Crippen LogP contribution is 2.23. The van der Waals surface area contributed by atoms with Crippen LogP contribution in [-0.2, 0) is 7.05 Å². The first-order chi connectivity index (χ1) is 9.41. The Morgan fingerprint density at radius 2 is 2.15 bits per heavy atom. The quantitative estimate of drug-likeness (QED) is 0.741. The van der Waals surface area contributed by atoms with Crippen LogP contribution in [0.3, 0.4) is 0 Å². The molecule has 0 aliphatic heterocycles. The summed E-state index contributed by atoms with van der Waals surface area (Å²) in [6.07, 6.45) is 1.48. The summed E-state index contributed by atoms with van der Waals surface area (Å²) in [4.78, 5) is 12.4. The normalized spacial score (nSPS) is 10.3. The first kappa shape index (κ1) is 14.0. The molecule has 1 aromatic heterocycles. The smallest absolute Gasteiger partial charge is 0.260 e. The summed E-state index contributed by atoms with van der Waals surface area (Å²) >= 11 is 4.90. The maximum Gasteiger partial charge on any atom is 0.260 e. The van der Waals surface area contributed by atoms with Crippen molar-refractivity contribution >= 4 is 28.9 Å². The number of thiocarbonyl (C=S) groups is 1. The molecule has 1 aromatic carbocycles. The highest BCUT2D eigenvalue weighted by molar-refractivity contribution is 7.80. The van der Waals surface area contributed by atoms with Gasteiger partial charge in [-0.1, -0.05) is 24.4 Å². The zero-order valence-corrected chi connectivity index (χ0v) is 11.9. The number of hydrogen-bond acceptors (Lipinski definition) is 4. The third-order valence-corrected chi connectivity index (χ3v) is 3.14. The number of aromatic nitrogens is 2. The number of phenols is 1. The van der Waals surface area contributed by atoms with Gasteiger partial charge in [0.1, 0.15) is 16.6 Å². The third kappa shape index (κ3) is 2.48. The molecule has 0 unspecified atom stereocenters. The SMILES string of the molecule is Cc1cccc(C(=O)Nc2c(C(N)=S)cnn2C)c1O.